The molecular formula is C9H8O4S. The van der Waals surface area contributed by atoms with Crippen LogP contribution in [0.25, 0.3) is 0 Å². The van der Waals surface area contributed by atoms with E-state index in [-0.39, 0.29) is 0 Å². The molecule has 0 aliphatic carbocycles. The van der Waals surface area contributed by atoms with Crippen molar-refractivity contribution in [2.45, 2.75) is 11.1 Å². The van der Waals surface area contributed by atoms with Gasteiger partial charge < -0.3 is 9.47 Å². The summed E-state index contributed by atoms with van der Waals surface area (Å²) in [5, 5.41) is -0.901. The minimum absolute atomic E-state index is 0.710. The number of thioether (sulfide) groups is 1. The van der Waals surface area contributed by atoms with Gasteiger partial charge in [-0.05, 0) is 17.8 Å². The van der Waals surface area contributed by atoms with E-state index in [2.05, 4.69) is 0 Å². The average Bonchev–Trinajstić information content (AvgIpc) is 2.97. The fraction of sp³-hybridized carbons (Fsp3) is 0.333. The fourth-order valence-corrected chi connectivity index (χ4v) is 2.22. The SMILES string of the molecule is COc1cccc2c1OC1(OO1)SC2. The summed E-state index contributed by atoms with van der Waals surface area (Å²) in [6, 6.07) is 5.79. The molecule has 1 fully saturated rings. The minimum atomic E-state index is -0.901. The summed E-state index contributed by atoms with van der Waals surface area (Å²) in [6.45, 7) is 0. The second-order valence-corrected chi connectivity index (χ2v) is 4.08. The Morgan fingerprint density at radius 3 is 3.00 bits per heavy atom. The smallest absolute Gasteiger partial charge is 0.436 e. The van der Waals surface area contributed by atoms with E-state index in [1.165, 1.54) is 11.8 Å². The van der Waals surface area contributed by atoms with Crippen LogP contribution in [0.4, 0.5) is 0 Å². The van der Waals surface area contributed by atoms with Gasteiger partial charge in [-0.25, -0.2) is 0 Å². The monoisotopic (exact) mass is 212 g/mol. The molecular weight excluding hydrogens is 204 g/mol. The van der Waals surface area contributed by atoms with Crippen molar-refractivity contribution in [1.29, 1.82) is 0 Å². The maximum Gasteiger partial charge on any atom is 0.436 e. The van der Waals surface area contributed by atoms with Crippen molar-refractivity contribution in [1.82, 2.24) is 0 Å². The number of para-hydroxylation sites is 1. The average molecular weight is 212 g/mol. The predicted octanol–water partition coefficient (Wildman–Crippen LogP) is 1.89. The van der Waals surface area contributed by atoms with E-state index in [1.54, 1.807) is 7.11 Å². The lowest BCUT2D eigenvalue weighted by Crippen LogP contribution is -2.20. The van der Waals surface area contributed by atoms with Crippen molar-refractivity contribution in [3.05, 3.63) is 23.8 Å². The molecule has 0 N–H and O–H groups in total. The van der Waals surface area contributed by atoms with Gasteiger partial charge in [-0.3, -0.25) is 0 Å². The van der Waals surface area contributed by atoms with E-state index in [4.69, 9.17) is 19.2 Å². The first-order valence-electron chi connectivity index (χ1n) is 4.19. The highest BCUT2D eigenvalue weighted by Gasteiger charge is 2.56. The molecule has 5 heteroatoms. The Morgan fingerprint density at radius 1 is 1.43 bits per heavy atom. The van der Waals surface area contributed by atoms with Gasteiger partial charge >= 0.3 is 5.31 Å². The highest BCUT2D eigenvalue weighted by molar-refractivity contribution is 7.99. The Labute approximate surface area is 85.0 Å². The van der Waals surface area contributed by atoms with Crippen molar-refractivity contribution in [2.75, 3.05) is 7.11 Å². The number of rotatable bonds is 1. The first-order chi connectivity index (χ1) is 6.83. The van der Waals surface area contributed by atoms with Gasteiger partial charge in [0, 0.05) is 11.3 Å². The van der Waals surface area contributed by atoms with Crippen LogP contribution in [-0.4, -0.2) is 12.4 Å². The molecule has 0 bridgehead atoms. The van der Waals surface area contributed by atoms with Gasteiger partial charge in [0.15, 0.2) is 11.5 Å². The molecule has 1 saturated heterocycles. The van der Waals surface area contributed by atoms with Crippen LogP contribution in [-0.2, 0) is 15.5 Å². The second-order valence-electron chi connectivity index (χ2n) is 3.01. The molecule has 2 heterocycles. The summed E-state index contributed by atoms with van der Waals surface area (Å²) in [5.74, 6) is 2.22. The first kappa shape index (κ1) is 8.40. The van der Waals surface area contributed by atoms with Gasteiger partial charge in [0.25, 0.3) is 0 Å². The number of benzene rings is 1. The van der Waals surface area contributed by atoms with Crippen LogP contribution in [0.3, 0.4) is 0 Å². The number of hydrogen-bond donors (Lipinski definition) is 0. The van der Waals surface area contributed by atoms with E-state index in [1.807, 2.05) is 18.2 Å². The molecule has 0 saturated carbocycles. The minimum Gasteiger partial charge on any atom is -0.493 e. The van der Waals surface area contributed by atoms with Gasteiger partial charge in [0.2, 0.25) is 0 Å². The molecule has 3 rings (SSSR count). The molecule has 2 aliphatic heterocycles. The van der Waals surface area contributed by atoms with E-state index >= 15 is 0 Å². The van der Waals surface area contributed by atoms with E-state index in [0.717, 1.165) is 11.3 Å². The molecule has 0 unspecified atom stereocenters. The Bertz CT molecular complexity index is 361. The molecule has 0 radical (unpaired) electrons. The van der Waals surface area contributed by atoms with Crippen molar-refractivity contribution in [3.63, 3.8) is 0 Å². The van der Waals surface area contributed by atoms with Crippen LogP contribution >= 0.6 is 11.8 Å². The van der Waals surface area contributed by atoms with Gasteiger partial charge in [0.05, 0.1) is 7.11 Å². The van der Waals surface area contributed by atoms with E-state index in [0.29, 0.717) is 11.5 Å². The summed E-state index contributed by atoms with van der Waals surface area (Å²) in [4.78, 5) is 9.56. The molecule has 14 heavy (non-hydrogen) atoms. The Hall–Kier alpha value is -0.910. The Kier molecular flexibility index (Phi) is 1.67. The molecule has 74 valence electrons. The quantitative estimate of drug-likeness (QED) is 0.525. The molecule has 0 amide bonds. The number of hydrogen-bond acceptors (Lipinski definition) is 5. The lowest BCUT2D eigenvalue weighted by Gasteiger charge is -2.20. The first-order valence-corrected chi connectivity index (χ1v) is 5.17. The number of fused-ring (bicyclic) bond motifs is 1. The van der Waals surface area contributed by atoms with E-state index < -0.39 is 5.31 Å². The van der Waals surface area contributed by atoms with Crippen LogP contribution in [0.15, 0.2) is 18.2 Å². The summed E-state index contributed by atoms with van der Waals surface area (Å²) in [7, 11) is 1.61. The maximum absolute atomic E-state index is 5.55. The van der Waals surface area contributed by atoms with Gasteiger partial charge in [0.1, 0.15) is 0 Å². The third kappa shape index (κ3) is 1.17. The standard InChI is InChI=1S/C9H8O4S/c1-10-7-4-2-3-6-5-14-9(12-13-9)11-8(6)7/h2-4H,5H2,1H3. The van der Waals surface area contributed by atoms with Gasteiger partial charge in [-0.15, -0.1) is 9.78 Å². The van der Waals surface area contributed by atoms with Crippen molar-refractivity contribution in [3.8, 4) is 11.5 Å². The second kappa shape index (κ2) is 2.79. The highest BCUT2D eigenvalue weighted by Crippen LogP contribution is 2.52. The summed E-state index contributed by atoms with van der Waals surface area (Å²) < 4.78 is 10.7. The van der Waals surface area contributed by atoms with Crippen LogP contribution in [0.1, 0.15) is 5.56 Å². The van der Waals surface area contributed by atoms with Crippen LogP contribution in [0.2, 0.25) is 0 Å². The van der Waals surface area contributed by atoms with Crippen molar-refractivity contribution < 1.29 is 19.2 Å². The molecule has 0 aromatic heterocycles. The molecule has 4 nitrogen and oxygen atoms in total. The van der Waals surface area contributed by atoms with Crippen LogP contribution in [0.5, 0.6) is 11.5 Å². The van der Waals surface area contributed by atoms with Crippen LogP contribution < -0.4 is 9.47 Å². The van der Waals surface area contributed by atoms with Crippen molar-refractivity contribution >= 4 is 11.8 Å². The third-order valence-corrected chi connectivity index (χ3v) is 3.16. The normalized spacial score (nSPS) is 21.2. The van der Waals surface area contributed by atoms with E-state index in [9.17, 15) is 0 Å². The van der Waals surface area contributed by atoms with Gasteiger partial charge in [-0.2, -0.15) is 0 Å². The number of methoxy groups -OCH3 is 1. The summed E-state index contributed by atoms with van der Waals surface area (Å²) in [5.41, 5.74) is 1.10. The fourth-order valence-electron chi connectivity index (χ4n) is 1.39. The molecule has 2 aliphatic rings. The molecule has 1 aromatic rings. The Morgan fingerprint density at radius 2 is 2.29 bits per heavy atom. The van der Waals surface area contributed by atoms with Crippen LogP contribution in [0, 0.1) is 0 Å². The molecule has 1 spiro atoms. The predicted molar refractivity (Wildman–Crippen MR) is 49.8 cm³/mol. The highest BCUT2D eigenvalue weighted by atomic mass is 32.2. The largest absolute Gasteiger partial charge is 0.493 e. The lowest BCUT2D eigenvalue weighted by atomic mass is 10.2. The molecule has 1 aromatic carbocycles. The number of ether oxygens (including phenoxy) is 2. The topological polar surface area (TPSA) is 43.5 Å². The van der Waals surface area contributed by atoms with Crippen molar-refractivity contribution in [2.24, 2.45) is 0 Å². The zero-order valence-corrected chi connectivity index (χ0v) is 8.30. The summed E-state index contributed by atoms with van der Waals surface area (Å²) in [6.07, 6.45) is 0. The molecule has 0 atom stereocenters. The maximum atomic E-state index is 5.55. The lowest BCUT2D eigenvalue weighted by molar-refractivity contribution is 0.0850. The van der Waals surface area contributed by atoms with Gasteiger partial charge in [-0.1, -0.05) is 12.1 Å². The zero-order chi connectivity index (χ0) is 9.60. The zero-order valence-electron chi connectivity index (χ0n) is 7.48. The third-order valence-electron chi connectivity index (χ3n) is 2.13. The Balaban J connectivity index is 2.04. The summed E-state index contributed by atoms with van der Waals surface area (Å²) >= 11 is 1.47.